The summed E-state index contributed by atoms with van der Waals surface area (Å²) >= 11 is 0. The summed E-state index contributed by atoms with van der Waals surface area (Å²) in [5.41, 5.74) is 0.323. The first-order chi connectivity index (χ1) is 9.90. The molecule has 0 spiro atoms. The van der Waals surface area contributed by atoms with E-state index < -0.39 is 11.7 Å². The Bertz CT molecular complexity index is 523. The molecule has 1 aromatic heterocycles. The molecule has 1 fully saturated rings. The van der Waals surface area contributed by atoms with Crippen molar-refractivity contribution < 1.29 is 17.9 Å². The van der Waals surface area contributed by atoms with Crippen LogP contribution in [0.15, 0.2) is 42.8 Å². The lowest BCUT2D eigenvalue weighted by atomic mass is 10.3. The van der Waals surface area contributed by atoms with Gasteiger partial charge in [0.15, 0.2) is 0 Å². The maximum atomic E-state index is 12.4. The van der Waals surface area contributed by atoms with E-state index in [1.54, 1.807) is 6.08 Å². The highest BCUT2D eigenvalue weighted by Crippen LogP contribution is 2.29. The number of allylic oxidation sites excluding steroid dienone is 3. The van der Waals surface area contributed by atoms with Crippen molar-refractivity contribution >= 4 is 0 Å². The molecule has 1 aliphatic rings. The predicted octanol–water partition coefficient (Wildman–Crippen LogP) is 3.64. The van der Waals surface area contributed by atoms with Gasteiger partial charge in [-0.05, 0) is 19.1 Å². The number of likely N-dealkylation sites (tertiary alicyclic amines) is 1. The van der Waals surface area contributed by atoms with Crippen molar-refractivity contribution in [2.75, 3.05) is 13.1 Å². The molecule has 6 heteroatoms. The molecule has 0 bridgehead atoms. The summed E-state index contributed by atoms with van der Waals surface area (Å²) in [6.07, 6.45) is 0.806. The Hall–Kier alpha value is -1.98. The van der Waals surface area contributed by atoms with E-state index in [0.29, 0.717) is 6.54 Å². The molecular weight excluding hydrogens is 281 g/mol. The molecule has 1 atom stereocenters. The third-order valence-corrected chi connectivity index (χ3v) is 3.35. The molecule has 0 saturated carbocycles. The first kappa shape index (κ1) is 15.4. The Kier molecular flexibility index (Phi) is 4.55. The predicted molar refractivity (Wildman–Crippen MR) is 73.8 cm³/mol. The van der Waals surface area contributed by atoms with Gasteiger partial charge in [0.25, 0.3) is 0 Å². The van der Waals surface area contributed by atoms with Crippen LogP contribution in [0.1, 0.15) is 18.9 Å². The second-order valence-electron chi connectivity index (χ2n) is 4.90. The highest BCUT2D eigenvalue weighted by molar-refractivity contribution is 5.20. The summed E-state index contributed by atoms with van der Waals surface area (Å²) in [5, 5.41) is 0. The van der Waals surface area contributed by atoms with Crippen molar-refractivity contribution in [1.29, 1.82) is 0 Å². The maximum absolute atomic E-state index is 12.4. The Morgan fingerprint density at radius 1 is 1.48 bits per heavy atom. The zero-order chi connectivity index (χ0) is 15.5. The molecule has 0 aromatic carbocycles. The fraction of sp³-hybridized carbons (Fsp3) is 0.400. The van der Waals surface area contributed by atoms with Crippen LogP contribution in [0.2, 0.25) is 0 Å². The van der Waals surface area contributed by atoms with E-state index in [9.17, 15) is 13.2 Å². The number of halogens is 3. The zero-order valence-corrected chi connectivity index (χ0v) is 11.7. The van der Waals surface area contributed by atoms with Crippen molar-refractivity contribution in [3.8, 4) is 5.88 Å². The molecule has 1 saturated heterocycles. The molecule has 2 heterocycles. The number of hydrogen-bond donors (Lipinski definition) is 0. The van der Waals surface area contributed by atoms with Gasteiger partial charge in [-0.3, -0.25) is 0 Å². The Morgan fingerprint density at radius 3 is 2.81 bits per heavy atom. The number of hydrogen-bond acceptors (Lipinski definition) is 3. The van der Waals surface area contributed by atoms with Crippen molar-refractivity contribution in [3.05, 3.63) is 48.3 Å². The summed E-state index contributed by atoms with van der Waals surface area (Å²) in [7, 11) is 0. The van der Waals surface area contributed by atoms with Crippen LogP contribution in [0.3, 0.4) is 0 Å². The molecule has 2 rings (SSSR count). The van der Waals surface area contributed by atoms with Gasteiger partial charge in [-0.1, -0.05) is 12.7 Å². The fourth-order valence-corrected chi connectivity index (χ4v) is 2.21. The number of rotatable bonds is 4. The molecule has 0 unspecified atom stereocenters. The molecule has 0 radical (unpaired) electrons. The molecule has 1 aliphatic heterocycles. The Balaban J connectivity index is 1.94. The van der Waals surface area contributed by atoms with E-state index in [1.165, 1.54) is 6.07 Å². The van der Waals surface area contributed by atoms with Crippen LogP contribution in [0.5, 0.6) is 5.88 Å². The van der Waals surface area contributed by atoms with Crippen molar-refractivity contribution in [2.45, 2.75) is 25.6 Å². The van der Waals surface area contributed by atoms with Gasteiger partial charge in [-0.2, -0.15) is 13.2 Å². The van der Waals surface area contributed by atoms with Crippen LogP contribution in [0.25, 0.3) is 0 Å². The number of alkyl halides is 3. The summed E-state index contributed by atoms with van der Waals surface area (Å²) in [6, 6.07) is 2.25. The first-order valence-electron chi connectivity index (χ1n) is 6.64. The number of pyridine rings is 1. The lowest BCUT2D eigenvalue weighted by Gasteiger charge is -2.19. The Labute approximate surface area is 121 Å². The van der Waals surface area contributed by atoms with Crippen molar-refractivity contribution in [2.24, 2.45) is 0 Å². The molecular formula is C15H17F3N2O. The van der Waals surface area contributed by atoms with Gasteiger partial charge < -0.3 is 9.64 Å². The first-order valence-corrected chi connectivity index (χ1v) is 6.64. The topological polar surface area (TPSA) is 25.4 Å². The number of ether oxygens (including phenoxy) is 1. The minimum atomic E-state index is -4.37. The summed E-state index contributed by atoms with van der Waals surface area (Å²) in [5.74, 6) is 0.222. The van der Waals surface area contributed by atoms with Gasteiger partial charge in [0, 0.05) is 30.9 Å². The van der Waals surface area contributed by atoms with Gasteiger partial charge in [-0.25, -0.2) is 4.98 Å². The van der Waals surface area contributed by atoms with E-state index in [-0.39, 0.29) is 12.0 Å². The smallest absolute Gasteiger partial charge is 0.417 e. The minimum Gasteiger partial charge on any atom is -0.472 e. The largest absolute Gasteiger partial charge is 0.472 e. The lowest BCUT2D eigenvalue weighted by molar-refractivity contribution is -0.137. The molecule has 114 valence electrons. The van der Waals surface area contributed by atoms with E-state index >= 15 is 0 Å². The summed E-state index contributed by atoms with van der Waals surface area (Å²) in [4.78, 5) is 5.87. The third kappa shape index (κ3) is 4.00. The van der Waals surface area contributed by atoms with Crippen LogP contribution in [-0.2, 0) is 6.18 Å². The zero-order valence-electron chi connectivity index (χ0n) is 11.7. The minimum absolute atomic E-state index is 0.0672. The van der Waals surface area contributed by atoms with E-state index in [0.717, 1.165) is 30.9 Å². The fourth-order valence-electron chi connectivity index (χ4n) is 2.21. The third-order valence-electron chi connectivity index (χ3n) is 3.35. The standard InChI is InChI=1S/C15H17F3N2O/c1-3-4-11(2)20-8-7-13(10-20)21-14-6-5-12(9-19-14)15(16,17)18/h3-6,9,13H,1,7-8,10H2,2H3/b11-4+/t13-/m1/s1. The van der Waals surface area contributed by atoms with E-state index in [4.69, 9.17) is 4.74 Å². The maximum Gasteiger partial charge on any atom is 0.417 e. The van der Waals surface area contributed by atoms with E-state index in [2.05, 4.69) is 16.5 Å². The Morgan fingerprint density at radius 2 is 2.24 bits per heavy atom. The quantitative estimate of drug-likeness (QED) is 0.794. The van der Waals surface area contributed by atoms with Crippen molar-refractivity contribution in [3.63, 3.8) is 0 Å². The molecule has 3 nitrogen and oxygen atoms in total. The number of aromatic nitrogens is 1. The van der Waals surface area contributed by atoms with Gasteiger partial charge in [0.1, 0.15) is 6.10 Å². The number of nitrogens with zero attached hydrogens (tertiary/aromatic N) is 2. The highest BCUT2D eigenvalue weighted by atomic mass is 19.4. The van der Waals surface area contributed by atoms with Crippen molar-refractivity contribution in [1.82, 2.24) is 9.88 Å². The van der Waals surface area contributed by atoms with Gasteiger partial charge in [0.05, 0.1) is 12.1 Å². The van der Waals surface area contributed by atoms with Crippen LogP contribution in [0, 0.1) is 0 Å². The average molecular weight is 298 g/mol. The molecule has 0 N–H and O–H groups in total. The molecule has 21 heavy (non-hydrogen) atoms. The summed E-state index contributed by atoms with van der Waals surface area (Å²) < 4.78 is 42.9. The highest BCUT2D eigenvalue weighted by Gasteiger charge is 2.31. The average Bonchev–Trinajstić information content (AvgIpc) is 2.87. The van der Waals surface area contributed by atoms with Crippen LogP contribution in [-0.4, -0.2) is 29.1 Å². The lowest BCUT2D eigenvalue weighted by Crippen LogP contribution is -2.23. The molecule has 0 amide bonds. The summed E-state index contributed by atoms with van der Waals surface area (Å²) in [6.45, 7) is 7.18. The van der Waals surface area contributed by atoms with Gasteiger partial charge >= 0.3 is 6.18 Å². The monoisotopic (exact) mass is 298 g/mol. The van der Waals surface area contributed by atoms with Gasteiger partial charge in [0.2, 0.25) is 5.88 Å². The SMILES string of the molecule is C=C/C=C(\C)N1CC[C@@H](Oc2ccc(C(F)(F)F)cn2)C1. The second kappa shape index (κ2) is 6.20. The van der Waals surface area contributed by atoms with Gasteiger partial charge in [-0.15, -0.1) is 0 Å². The normalized spacial score (nSPS) is 19.7. The van der Waals surface area contributed by atoms with E-state index in [1.807, 2.05) is 13.0 Å². The molecule has 1 aromatic rings. The van der Waals surface area contributed by atoms with Crippen LogP contribution in [0.4, 0.5) is 13.2 Å². The van der Waals surface area contributed by atoms with Crippen LogP contribution < -0.4 is 4.74 Å². The molecule has 0 aliphatic carbocycles. The second-order valence-corrected chi connectivity index (χ2v) is 4.90. The van der Waals surface area contributed by atoms with Crippen LogP contribution >= 0.6 is 0 Å².